The number of hydrogen-bond acceptors (Lipinski definition) is 8. The lowest BCUT2D eigenvalue weighted by Crippen LogP contribution is -2.55. The van der Waals surface area contributed by atoms with Gasteiger partial charge in [-0.1, -0.05) is 53.0 Å². The first-order valence-electron chi connectivity index (χ1n) is 15.5. The maximum absolute atomic E-state index is 13.9. The summed E-state index contributed by atoms with van der Waals surface area (Å²) in [6.45, 7) is 2.04. The smallest absolute Gasteiger partial charge is 0.337 e. The van der Waals surface area contributed by atoms with E-state index in [4.69, 9.17) is 25.2 Å². The summed E-state index contributed by atoms with van der Waals surface area (Å²) in [4.78, 5) is 51.9. The monoisotopic (exact) mass is 673 g/mol. The van der Waals surface area contributed by atoms with Crippen LogP contribution in [-0.4, -0.2) is 69.5 Å². The van der Waals surface area contributed by atoms with E-state index in [9.17, 15) is 14.4 Å². The standard InChI is InChI=1S/C34H36BrN5O5/c1-2-44-33(43)34-19-22(34)12-6-4-3-5-7-14-25(36)32(42)40-20-24(18-28(40)30(41)39-34)45-31-29(21-11-10-13-23(35)17-21)37-26-15-8-9-16-27(26)38-31/h6,8-11,13,15-17,24-25,28H,2-5,7,14,18-20,36H2,1H3,(H,39,41)/t12?,24-,25+,28+,34-/m1/s1. The molecule has 45 heavy (non-hydrogen) atoms. The maximum Gasteiger partial charge on any atom is 0.337 e. The number of esters is 1. The first-order chi connectivity index (χ1) is 21.8. The number of carbonyl (C=O) groups is 3. The molecule has 2 fully saturated rings. The van der Waals surface area contributed by atoms with E-state index in [1.54, 1.807) is 6.92 Å². The van der Waals surface area contributed by atoms with Gasteiger partial charge in [0.25, 0.3) is 0 Å². The van der Waals surface area contributed by atoms with Gasteiger partial charge in [-0.3, -0.25) is 9.59 Å². The largest absolute Gasteiger partial charge is 0.471 e. The second-order valence-electron chi connectivity index (χ2n) is 11.7. The van der Waals surface area contributed by atoms with Gasteiger partial charge in [0, 0.05) is 28.5 Å². The first-order valence-corrected chi connectivity index (χ1v) is 16.3. The fraction of sp³-hybridized carbons (Fsp3) is 0.412. The van der Waals surface area contributed by atoms with Gasteiger partial charge in [0.15, 0.2) is 5.54 Å². The summed E-state index contributed by atoms with van der Waals surface area (Å²) in [5, 5.41) is 2.92. The molecule has 1 aliphatic carbocycles. The fourth-order valence-electron chi connectivity index (χ4n) is 6.05. The van der Waals surface area contributed by atoms with Gasteiger partial charge < -0.3 is 25.4 Å². The van der Waals surface area contributed by atoms with E-state index in [1.807, 2.05) is 54.6 Å². The van der Waals surface area contributed by atoms with E-state index in [1.165, 1.54) is 4.90 Å². The van der Waals surface area contributed by atoms with Crippen molar-refractivity contribution < 1.29 is 23.9 Å². The van der Waals surface area contributed by atoms with Crippen LogP contribution in [-0.2, 0) is 19.1 Å². The van der Waals surface area contributed by atoms with Crippen LogP contribution in [0.2, 0.25) is 0 Å². The Morgan fingerprint density at radius 1 is 1.13 bits per heavy atom. The number of nitrogens with zero attached hydrogens (tertiary/aromatic N) is 3. The number of halogens is 1. The average Bonchev–Trinajstić information content (AvgIpc) is 3.56. The van der Waals surface area contributed by atoms with E-state index in [-0.39, 0.29) is 25.5 Å². The van der Waals surface area contributed by atoms with Crippen LogP contribution in [0.1, 0.15) is 51.9 Å². The molecule has 11 heteroatoms. The van der Waals surface area contributed by atoms with Gasteiger partial charge in [0.05, 0.1) is 30.2 Å². The number of nitrogens with two attached hydrogens (primary N) is 1. The summed E-state index contributed by atoms with van der Waals surface area (Å²) in [6, 6.07) is 13.6. The molecule has 0 radical (unpaired) electrons. The predicted octanol–water partition coefficient (Wildman–Crippen LogP) is 4.60. The zero-order valence-corrected chi connectivity index (χ0v) is 26.7. The predicted molar refractivity (Wildman–Crippen MR) is 172 cm³/mol. The Labute approximate surface area is 270 Å². The summed E-state index contributed by atoms with van der Waals surface area (Å²) in [5.74, 6) is -0.998. The number of rotatable bonds is 5. The number of carbonyl (C=O) groups excluding carboxylic acids is 3. The van der Waals surface area contributed by atoms with Gasteiger partial charge in [0.1, 0.15) is 17.8 Å². The number of ether oxygens (including phenoxy) is 2. The molecule has 234 valence electrons. The topological polar surface area (TPSA) is 137 Å². The van der Waals surface area contributed by atoms with Crippen LogP contribution in [0.3, 0.4) is 0 Å². The Morgan fingerprint density at radius 3 is 2.71 bits per heavy atom. The van der Waals surface area contributed by atoms with Crippen molar-refractivity contribution >= 4 is 44.7 Å². The average molecular weight is 675 g/mol. The minimum absolute atomic E-state index is 0.131. The van der Waals surface area contributed by atoms with Crippen molar-refractivity contribution in [2.45, 2.75) is 75.6 Å². The van der Waals surface area contributed by atoms with Crippen molar-refractivity contribution in [3.63, 3.8) is 0 Å². The Hall–Kier alpha value is -4.05. The maximum atomic E-state index is 13.9. The van der Waals surface area contributed by atoms with Crippen molar-refractivity contribution in [3.05, 3.63) is 70.4 Å². The van der Waals surface area contributed by atoms with E-state index in [0.717, 1.165) is 35.7 Å². The van der Waals surface area contributed by atoms with Gasteiger partial charge in [-0.15, -0.1) is 5.73 Å². The Balaban J connectivity index is 1.33. The van der Waals surface area contributed by atoms with Crippen molar-refractivity contribution in [1.29, 1.82) is 0 Å². The molecule has 3 aromatic rings. The van der Waals surface area contributed by atoms with Crippen molar-refractivity contribution in [1.82, 2.24) is 20.2 Å². The third-order valence-corrected chi connectivity index (χ3v) is 9.01. The molecule has 0 unspecified atom stereocenters. The molecule has 2 aromatic carbocycles. The summed E-state index contributed by atoms with van der Waals surface area (Å²) in [5.41, 5.74) is 11.7. The zero-order valence-electron chi connectivity index (χ0n) is 25.1. The molecule has 0 bridgehead atoms. The zero-order chi connectivity index (χ0) is 31.6. The third-order valence-electron chi connectivity index (χ3n) is 8.51. The second-order valence-corrected chi connectivity index (χ2v) is 12.6. The Morgan fingerprint density at radius 2 is 1.93 bits per heavy atom. The molecule has 3 aliphatic rings. The highest BCUT2D eigenvalue weighted by Crippen LogP contribution is 2.44. The number of para-hydroxylation sites is 2. The highest BCUT2D eigenvalue weighted by molar-refractivity contribution is 9.10. The molecule has 1 saturated heterocycles. The first kappa shape index (κ1) is 31.0. The Kier molecular flexibility index (Phi) is 9.03. The molecule has 2 aliphatic heterocycles. The van der Waals surface area contributed by atoms with Crippen LogP contribution in [0.15, 0.2) is 70.4 Å². The molecular formula is C34H36BrN5O5. The van der Waals surface area contributed by atoms with Crippen LogP contribution in [0.4, 0.5) is 0 Å². The quantitative estimate of drug-likeness (QED) is 0.296. The van der Waals surface area contributed by atoms with Crippen LogP contribution in [0.25, 0.3) is 22.3 Å². The lowest BCUT2D eigenvalue weighted by Gasteiger charge is -2.27. The third kappa shape index (κ3) is 6.52. The molecule has 1 aromatic heterocycles. The van der Waals surface area contributed by atoms with Crippen LogP contribution in [0, 0.1) is 0 Å². The highest BCUT2D eigenvalue weighted by atomic mass is 79.9. The van der Waals surface area contributed by atoms with E-state index in [0.29, 0.717) is 41.0 Å². The van der Waals surface area contributed by atoms with Crippen LogP contribution < -0.4 is 15.8 Å². The second kappa shape index (κ2) is 13.1. The molecule has 3 N–H and O–H groups in total. The molecule has 1 saturated carbocycles. The van der Waals surface area contributed by atoms with Crippen molar-refractivity contribution in [3.8, 4) is 17.1 Å². The summed E-state index contributed by atoms with van der Waals surface area (Å²) >= 11 is 3.54. The number of amides is 2. The minimum atomic E-state index is -1.28. The summed E-state index contributed by atoms with van der Waals surface area (Å²) < 4.78 is 12.7. The van der Waals surface area contributed by atoms with Crippen molar-refractivity contribution in [2.24, 2.45) is 5.73 Å². The van der Waals surface area contributed by atoms with Gasteiger partial charge in [-0.2, -0.15) is 0 Å². The minimum Gasteiger partial charge on any atom is -0.471 e. The Bertz CT molecular complexity index is 1710. The molecule has 0 spiro atoms. The number of aromatic nitrogens is 2. The number of nitrogens with one attached hydrogen (secondary N) is 1. The molecular weight excluding hydrogens is 638 g/mol. The van der Waals surface area contributed by atoms with E-state index >= 15 is 0 Å². The van der Waals surface area contributed by atoms with E-state index in [2.05, 4.69) is 27.0 Å². The van der Waals surface area contributed by atoms with Gasteiger partial charge in [-0.05, 0) is 56.5 Å². The van der Waals surface area contributed by atoms with Gasteiger partial charge in [-0.25, -0.2) is 14.8 Å². The van der Waals surface area contributed by atoms with Gasteiger partial charge >= 0.3 is 5.97 Å². The number of fused-ring (bicyclic) bond motifs is 3. The normalized spacial score (nSPS) is 25.4. The molecule has 2 amide bonds. The summed E-state index contributed by atoms with van der Waals surface area (Å²) in [6.07, 6.45) is 5.73. The van der Waals surface area contributed by atoms with E-state index < -0.39 is 35.6 Å². The molecule has 10 nitrogen and oxygen atoms in total. The van der Waals surface area contributed by atoms with Crippen molar-refractivity contribution in [2.75, 3.05) is 13.2 Å². The SMILES string of the molecule is CCOC(=O)[C@@]12CC1=C=CCCCCC[C@H](N)C(=O)N1C[C@H](Oc3nc4ccccc4nc3-c3cccc(Br)c3)C[C@H]1C(=O)N2. The van der Waals surface area contributed by atoms with Crippen LogP contribution in [0.5, 0.6) is 5.88 Å². The lowest BCUT2D eigenvalue weighted by atomic mass is 10.1. The molecule has 3 heterocycles. The summed E-state index contributed by atoms with van der Waals surface area (Å²) in [7, 11) is 0. The van der Waals surface area contributed by atoms with Crippen LogP contribution >= 0.6 is 15.9 Å². The number of benzene rings is 2. The number of hydrogen-bond donors (Lipinski definition) is 2. The molecule has 4 atom stereocenters. The molecule has 6 rings (SSSR count). The fourth-order valence-corrected chi connectivity index (χ4v) is 6.45. The lowest BCUT2D eigenvalue weighted by molar-refractivity contribution is -0.149. The van der Waals surface area contributed by atoms with Gasteiger partial charge in [0.2, 0.25) is 17.7 Å². The highest BCUT2D eigenvalue weighted by Gasteiger charge is 2.60.